The molecular formula is C12H21NO6S. The molecule has 0 spiro atoms. The average Bonchev–Trinajstić information content (AvgIpc) is 2.25. The molecule has 0 saturated carbocycles. The van der Waals surface area contributed by atoms with Crippen molar-refractivity contribution < 1.29 is 29.0 Å². The first-order chi connectivity index (χ1) is 8.88. The van der Waals surface area contributed by atoms with Crippen LogP contribution in [-0.4, -0.2) is 39.9 Å². The van der Waals surface area contributed by atoms with Gasteiger partial charge in [-0.25, -0.2) is 4.79 Å². The number of carbonyl (C=O) groups excluding carboxylic acids is 2. The lowest BCUT2D eigenvalue weighted by atomic mass is 9.98. The van der Waals surface area contributed by atoms with E-state index in [4.69, 9.17) is 20.3 Å². The van der Waals surface area contributed by atoms with E-state index in [9.17, 15) is 14.4 Å². The molecule has 0 bridgehead atoms. The second-order valence-corrected chi connectivity index (χ2v) is 7.31. The van der Waals surface area contributed by atoms with Crippen LogP contribution < -0.4 is 5.73 Å². The minimum absolute atomic E-state index is 0.503. The monoisotopic (exact) mass is 307 g/mol. The van der Waals surface area contributed by atoms with Gasteiger partial charge in [-0.05, 0) is 46.4 Å². The second-order valence-electron chi connectivity index (χ2n) is 5.72. The van der Waals surface area contributed by atoms with Gasteiger partial charge in [0.15, 0.2) is 0 Å². The molecule has 0 fully saturated rings. The van der Waals surface area contributed by atoms with Crippen LogP contribution in [0.4, 0.5) is 4.79 Å². The Bertz CT molecular complexity index is 388. The van der Waals surface area contributed by atoms with Gasteiger partial charge in [-0.15, -0.1) is 0 Å². The zero-order chi connectivity index (χ0) is 16.1. The number of hydrogen-bond acceptors (Lipinski definition) is 7. The van der Waals surface area contributed by atoms with Crippen LogP contribution in [0.3, 0.4) is 0 Å². The molecule has 0 aromatic rings. The Morgan fingerprint density at radius 1 is 1.15 bits per heavy atom. The zero-order valence-corrected chi connectivity index (χ0v) is 13.1. The second kappa shape index (κ2) is 6.94. The molecule has 0 amide bonds. The lowest BCUT2D eigenvalue weighted by molar-refractivity contribution is -0.160. The molecule has 0 aliphatic rings. The third-order valence-corrected chi connectivity index (χ3v) is 3.41. The van der Waals surface area contributed by atoms with Gasteiger partial charge in [0, 0.05) is 4.75 Å². The maximum absolute atomic E-state index is 11.5. The van der Waals surface area contributed by atoms with Gasteiger partial charge in [0.1, 0.15) is 6.04 Å². The van der Waals surface area contributed by atoms with Crippen LogP contribution in [0.5, 0.6) is 0 Å². The number of esters is 1. The summed E-state index contributed by atoms with van der Waals surface area (Å²) in [7, 11) is 0. The average molecular weight is 307 g/mol. The molecule has 8 heteroatoms. The summed E-state index contributed by atoms with van der Waals surface area (Å²) in [5, 5.41) is 8.05. The Balaban J connectivity index is 4.25. The molecule has 116 valence electrons. The summed E-state index contributed by atoms with van der Waals surface area (Å²) in [5.74, 6) is -1.72. The summed E-state index contributed by atoms with van der Waals surface area (Å²) in [6.45, 7) is 7.51. The summed E-state index contributed by atoms with van der Waals surface area (Å²) in [4.78, 5) is 33.7. The van der Waals surface area contributed by atoms with Crippen molar-refractivity contribution in [2.75, 3.05) is 6.79 Å². The van der Waals surface area contributed by atoms with Crippen molar-refractivity contribution in [2.24, 2.45) is 11.1 Å². The summed E-state index contributed by atoms with van der Waals surface area (Å²) >= 11 is 0.639. The van der Waals surface area contributed by atoms with Gasteiger partial charge in [0.2, 0.25) is 6.79 Å². The van der Waals surface area contributed by atoms with Crippen molar-refractivity contribution in [1.82, 2.24) is 0 Å². The summed E-state index contributed by atoms with van der Waals surface area (Å²) < 4.78 is 8.42. The van der Waals surface area contributed by atoms with E-state index in [1.165, 1.54) is 13.8 Å². The van der Waals surface area contributed by atoms with Crippen LogP contribution in [0.1, 0.15) is 34.6 Å². The minimum atomic E-state index is -1.22. The van der Waals surface area contributed by atoms with E-state index >= 15 is 0 Å². The lowest BCUT2D eigenvalue weighted by Gasteiger charge is -2.26. The van der Waals surface area contributed by atoms with Crippen LogP contribution in [0.25, 0.3) is 0 Å². The third-order valence-electron chi connectivity index (χ3n) is 2.34. The van der Waals surface area contributed by atoms with E-state index < -0.39 is 40.2 Å². The van der Waals surface area contributed by atoms with Gasteiger partial charge in [0.25, 0.3) is 0 Å². The minimum Gasteiger partial charge on any atom is -0.480 e. The number of thioether (sulfide) groups is 1. The molecule has 0 aliphatic heterocycles. The Morgan fingerprint density at radius 3 is 2.05 bits per heavy atom. The standard InChI is InChI=1S/C12H21NO6S/c1-11(2,3)9(16)18-6-19-10(17)20-12(4,5)7(13)8(14)15/h7H,6,13H2,1-5H3,(H,14,15)/t7-/m0/s1. The maximum Gasteiger partial charge on any atom is 0.370 e. The van der Waals surface area contributed by atoms with Crippen molar-refractivity contribution in [2.45, 2.75) is 45.4 Å². The van der Waals surface area contributed by atoms with Gasteiger partial charge in [-0.2, -0.15) is 0 Å². The number of carbonyl (C=O) groups is 3. The van der Waals surface area contributed by atoms with Crippen LogP contribution in [0.2, 0.25) is 0 Å². The number of aliphatic carboxylic acids is 1. The highest BCUT2D eigenvalue weighted by atomic mass is 32.2. The molecule has 1 atom stereocenters. The van der Waals surface area contributed by atoms with Crippen molar-refractivity contribution in [3.05, 3.63) is 0 Å². The molecule has 0 aliphatic carbocycles. The van der Waals surface area contributed by atoms with E-state index in [2.05, 4.69) is 0 Å². The fourth-order valence-electron chi connectivity index (χ4n) is 0.953. The molecule has 0 aromatic carbocycles. The number of rotatable bonds is 5. The van der Waals surface area contributed by atoms with E-state index in [0.717, 1.165) is 0 Å². The first-order valence-electron chi connectivity index (χ1n) is 5.89. The molecule has 0 heterocycles. The van der Waals surface area contributed by atoms with Crippen LogP contribution in [0.15, 0.2) is 0 Å². The normalized spacial score (nSPS) is 13.5. The first-order valence-corrected chi connectivity index (χ1v) is 6.71. The fraction of sp³-hybridized carbons (Fsp3) is 0.750. The lowest BCUT2D eigenvalue weighted by Crippen LogP contribution is -2.47. The highest BCUT2D eigenvalue weighted by molar-refractivity contribution is 8.14. The van der Waals surface area contributed by atoms with E-state index in [1.807, 2.05) is 0 Å². The van der Waals surface area contributed by atoms with Crippen LogP contribution >= 0.6 is 11.8 Å². The van der Waals surface area contributed by atoms with Crippen molar-refractivity contribution in [1.29, 1.82) is 0 Å². The molecule has 0 aromatic heterocycles. The smallest absolute Gasteiger partial charge is 0.370 e. The maximum atomic E-state index is 11.5. The van der Waals surface area contributed by atoms with Crippen molar-refractivity contribution in [3.8, 4) is 0 Å². The Morgan fingerprint density at radius 2 is 1.65 bits per heavy atom. The first kappa shape index (κ1) is 18.7. The topological polar surface area (TPSA) is 116 Å². The third kappa shape index (κ3) is 6.25. The summed E-state index contributed by atoms with van der Waals surface area (Å²) in [6.07, 6.45) is 0. The molecule has 0 unspecified atom stereocenters. The Kier molecular flexibility index (Phi) is 6.49. The van der Waals surface area contributed by atoms with Gasteiger partial charge < -0.3 is 20.3 Å². The summed E-state index contributed by atoms with van der Waals surface area (Å²) in [6, 6.07) is -1.22. The highest BCUT2D eigenvalue weighted by Gasteiger charge is 2.36. The molecular weight excluding hydrogens is 286 g/mol. The highest BCUT2D eigenvalue weighted by Crippen LogP contribution is 2.29. The molecule has 20 heavy (non-hydrogen) atoms. The zero-order valence-electron chi connectivity index (χ0n) is 12.3. The van der Waals surface area contributed by atoms with Crippen LogP contribution in [0, 0.1) is 5.41 Å². The van der Waals surface area contributed by atoms with Crippen molar-refractivity contribution in [3.63, 3.8) is 0 Å². The predicted molar refractivity (Wildman–Crippen MR) is 74.2 cm³/mol. The summed E-state index contributed by atoms with van der Waals surface area (Å²) in [5.41, 5.74) is 4.77. The van der Waals surface area contributed by atoms with E-state index in [-0.39, 0.29) is 0 Å². The molecule has 0 rings (SSSR count). The Labute approximate surface area is 122 Å². The van der Waals surface area contributed by atoms with Gasteiger partial charge in [0.05, 0.1) is 5.41 Å². The van der Waals surface area contributed by atoms with Gasteiger partial charge in [-0.1, -0.05) is 0 Å². The SMILES string of the molecule is CC(C)(C)C(=O)OCOC(=O)SC(C)(C)[C@@H](N)C(=O)O. The molecule has 0 saturated heterocycles. The molecule has 7 nitrogen and oxygen atoms in total. The number of carboxylic acids is 1. The number of carboxylic acid groups (broad SMARTS) is 1. The van der Waals surface area contributed by atoms with Crippen LogP contribution in [-0.2, 0) is 19.1 Å². The number of ether oxygens (including phenoxy) is 2. The molecule has 3 N–H and O–H groups in total. The van der Waals surface area contributed by atoms with E-state index in [0.29, 0.717) is 11.8 Å². The fourth-order valence-corrected chi connectivity index (χ4v) is 1.72. The van der Waals surface area contributed by atoms with Gasteiger partial charge in [-0.3, -0.25) is 9.59 Å². The van der Waals surface area contributed by atoms with Crippen molar-refractivity contribution >= 4 is 29.0 Å². The number of hydrogen-bond donors (Lipinski definition) is 2. The van der Waals surface area contributed by atoms with Gasteiger partial charge >= 0.3 is 17.2 Å². The predicted octanol–water partition coefficient (Wildman–Crippen LogP) is 1.59. The Hall–Kier alpha value is -1.28. The number of nitrogens with two attached hydrogens (primary N) is 1. The quantitative estimate of drug-likeness (QED) is 0.581. The largest absolute Gasteiger partial charge is 0.480 e. The van der Waals surface area contributed by atoms with E-state index in [1.54, 1.807) is 20.8 Å². The molecule has 0 radical (unpaired) electrons.